The fraction of sp³-hybridized carbons (Fsp3) is 0.500. The predicted octanol–water partition coefficient (Wildman–Crippen LogP) is 2.33. The Labute approximate surface area is 103 Å². The van der Waals surface area contributed by atoms with Gasteiger partial charge >= 0.3 is 5.97 Å². The normalized spacial score (nSPS) is 14.3. The Morgan fingerprint density at radius 1 is 1.29 bits per heavy atom. The van der Waals surface area contributed by atoms with Crippen molar-refractivity contribution in [2.75, 3.05) is 6.54 Å². The van der Waals surface area contributed by atoms with Crippen molar-refractivity contribution in [2.45, 2.75) is 38.5 Å². The van der Waals surface area contributed by atoms with Crippen LogP contribution in [0.25, 0.3) is 0 Å². The molecule has 0 aliphatic rings. The lowest BCUT2D eigenvalue weighted by Crippen LogP contribution is -2.36. The molecule has 3 N–H and O–H groups in total. The minimum Gasteiger partial charge on any atom is -0.481 e. The number of carbonyl (C=O) groups is 1. The van der Waals surface area contributed by atoms with Crippen LogP contribution in [0.4, 0.5) is 0 Å². The maximum atomic E-state index is 11.0. The van der Waals surface area contributed by atoms with Gasteiger partial charge in [-0.2, -0.15) is 0 Å². The van der Waals surface area contributed by atoms with E-state index in [1.165, 1.54) is 5.56 Å². The van der Waals surface area contributed by atoms with Gasteiger partial charge in [0.05, 0.1) is 6.42 Å². The highest BCUT2D eigenvalue weighted by Crippen LogP contribution is 2.31. The maximum absolute atomic E-state index is 11.0. The molecule has 17 heavy (non-hydrogen) atoms. The molecular weight excluding hydrogens is 214 g/mol. The monoisotopic (exact) mass is 235 g/mol. The predicted molar refractivity (Wildman–Crippen MR) is 69.1 cm³/mol. The Morgan fingerprint density at radius 3 is 2.24 bits per heavy atom. The molecule has 0 aromatic heterocycles. The van der Waals surface area contributed by atoms with Crippen molar-refractivity contribution in [1.29, 1.82) is 0 Å². The second-order valence-electron chi connectivity index (χ2n) is 4.46. The Bertz CT molecular complexity index is 366. The Kier molecular flexibility index (Phi) is 4.70. The van der Waals surface area contributed by atoms with Crippen LogP contribution in [0, 0.1) is 0 Å². The van der Waals surface area contributed by atoms with E-state index in [1.54, 1.807) is 0 Å². The van der Waals surface area contributed by atoms with Crippen molar-refractivity contribution in [3.63, 3.8) is 0 Å². The van der Waals surface area contributed by atoms with Crippen molar-refractivity contribution in [2.24, 2.45) is 5.73 Å². The van der Waals surface area contributed by atoms with E-state index in [4.69, 9.17) is 10.8 Å². The van der Waals surface area contributed by atoms with Gasteiger partial charge in [0.15, 0.2) is 0 Å². The number of carboxylic acid groups (broad SMARTS) is 1. The van der Waals surface area contributed by atoms with Crippen molar-refractivity contribution in [3.05, 3.63) is 35.4 Å². The topological polar surface area (TPSA) is 63.3 Å². The van der Waals surface area contributed by atoms with Crippen LogP contribution >= 0.6 is 0 Å². The number of carboxylic acids is 1. The molecule has 0 saturated heterocycles. The molecule has 1 aromatic carbocycles. The number of hydrogen-bond acceptors (Lipinski definition) is 2. The Hall–Kier alpha value is -1.35. The summed E-state index contributed by atoms with van der Waals surface area (Å²) in [5.41, 5.74) is 7.66. The SMILES string of the molecule is CCc1ccc(C(CC)(CN)CC(=O)O)cc1. The molecule has 0 fully saturated rings. The Balaban J connectivity index is 3.07. The van der Waals surface area contributed by atoms with Gasteiger partial charge in [0, 0.05) is 12.0 Å². The number of aryl methyl sites for hydroxylation is 1. The first-order chi connectivity index (χ1) is 8.07. The zero-order valence-electron chi connectivity index (χ0n) is 10.6. The van der Waals surface area contributed by atoms with Gasteiger partial charge in [0.1, 0.15) is 0 Å². The third-order valence-electron chi connectivity index (χ3n) is 3.53. The summed E-state index contributed by atoms with van der Waals surface area (Å²) in [6.45, 7) is 4.45. The van der Waals surface area contributed by atoms with Crippen LogP contribution in [0.15, 0.2) is 24.3 Å². The summed E-state index contributed by atoms with van der Waals surface area (Å²) in [6, 6.07) is 8.13. The lowest BCUT2D eigenvalue weighted by Gasteiger charge is -2.30. The fourth-order valence-electron chi connectivity index (χ4n) is 2.15. The first kappa shape index (κ1) is 13.7. The molecule has 0 bridgehead atoms. The Morgan fingerprint density at radius 2 is 1.88 bits per heavy atom. The number of nitrogens with two attached hydrogens (primary N) is 1. The molecule has 1 unspecified atom stereocenters. The van der Waals surface area contributed by atoms with Crippen molar-refractivity contribution >= 4 is 5.97 Å². The van der Waals surface area contributed by atoms with E-state index in [-0.39, 0.29) is 6.42 Å². The highest BCUT2D eigenvalue weighted by Gasteiger charge is 2.31. The summed E-state index contributed by atoms with van der Waals surface area (Å²) in [4.78, 5) is 11.0. The molecule has 0 amide bonds. The molecule has 1 aromatic rings. The third-order valence-corrected chi connectivity index (χ3v) is 3.53. The number of aliphatic carboxylic acids is 1. The van der Waals surface area contributed by atoms with Crippen LogP contribution < -0.4 is 5.73 Å². The van der Waals surface area contributed by atoms with E-state index in [9.17, 15) is 4.79 Å². The molecule has 0 saturated carbocycles. The quantitative estimate of drug-likeness (QED) is 0.795. The largest absolute Gasteiger partial charge is 0.481 e. The third kappa shape index (κ3) is 3.07. The first-order valence-electron chi connectivity index (χ1n) is 6.09. The summed E-state index contributed by atoms with van der Waals surface area (Å²) in [7, 11) is 0. The molecule has 0 spiro atoms. The molecule has 3 heteroatoms. The van der Waals surface area contributed by atoms with Crippen LogP contribution in [0.1, 0.15) is 37.8 Å². The summed E-state index contributed by atoms with van der Waals surface area (Å²) < 4.78 is 0. The van der Waals surface area contributed by atoms with Gasteiger partial charge in [0.2, 0.25) is 0 Å². The summed E-state index contributed by atoms with van der Waals surface area (Å²) in [5, 5.41) is 9.02. The number of hydrogen-bond donors (Lipinski definition) is 2. The van der Waals surface area contributed by atoms with Gasteiger partial charge < -0.3 is 10.8 Å². The van der Waals surface area contributed by atoms with Crippen LogP contribution in [0.2, 0.25) is 0 Å². The van der Waals surface area contributed by atoms with E-state index >= 15 is 0 Å². The summed E-state index contributed by atoms with van der Waals surface area (Å²) in [5.74, 6) is -0.795. The maximum Gasteiger partial charge on any atom is 0.304 e. The minimum atomic E-state index is -0.795. The summed E-state index contributed by atoms with van der Waals surface area (Å²) >= 11 is 0. The van der Waals surface area contributed by atoms with Gasteiger partial charge in [-0.05, 0) is 24.0 Å². The van der Waals surface area contributed by atoms with Gasteiger partial charge in [-0.15, -0.1) is 0 Å². The van der Waals surface area contributed by atoms with Crippen LogP contribution in [-0.4, -0.2) is 17.6 Å². The lowest BCUT2D eigenvalue weighted by molar-refractivity contribution is -0.138. The van der Waals surface area contributed by atoms with E-state index in [2.05, 4.69) is 19.1 Å². The second-order valence-corrected chi connectivity index (χ2v) is 4.46. The van der Waals surface area contributed by atoms with E-state index < -0.39 is 11.4 Å². The average molecular weight is 235 g/mol. The standard InChI is InChI=1S/C14H21NO2/c1-3-11-5-7-12(8-6-11)14(4-2,10-15)9-13(16)17/h5-8H,3-4,9-10,15H2,1-2H3,(H,16,17). The van der Waals surface area contributed by atoms with Gasteiger partial charge in [-0.25, -0.2) is 0 Å². The zero-order chi connectivity index (χ0) is 12.9. The molecule has 0 heterocycles. The average Bonchev–Trinajstić information content (AvgIpc) is 2.36. The van der Waals surface area contributed by atoms with Gasteiger partial charge in [-0.1, -0.05) is 38.1 Å². The molecular formula is C14H21NO2. The van der Waals surface area contributed by atoms with Crippen molar-refractivity contribution in [1.82, 2.24) is 0 Å². The van der Waals surface area contributed by atoms with E-state index in [0.29, 0.717) is 6.54 Å². The van der Waals surface area contributed by atoms with Gasteiger partial charge in [0.25, 0.3) is 0 Å². The van der Waals surface area contributed by atoms with Crippen LogP contribution in [0.5, 0.6) is 0 Å². The molecule has 1 atom stereocenters. The van der Waals surface area contributed by atoms with Crippen LogP contribution in [0.3, 0.4) is 0 Å². The smallest absolute Gasteiger partial charge is 0.304 e. The van der Waals surface area contributed by atoms with E-state index in [1.807, 2.05) is 19.1 Å². The minimum absolute atomic E-state index is 0.0888. The first-order valence-corrected chi connectivity index (χ1v) is 6.09. The van der Waals surface area contributed by atoms with E-state index in [0.717, 1.165) is 18.4 Å². The fourth-order valence-corrected chi connectivity index (χ4v) is 2.15. The van der Waals surface area contributed by atoms with Crippen molar-refractivity contribution in [3.8, 4) is 0 Å². The molecule has 94 valence electrons. The lowest BCUT2D eigenvalue weighted by atomic mass is 9.75. The second kappa shape index (κ2) is 5.82. The highest BCUT2D eigenvalue weighted by atomic mass is 16.4. The molecule has 0 radical (unpaired) electrons. The van der Waals surface area contributed by atoms with Crippen molar-refractivity contribution < 1.29 is 9.90 Å². The highest BCUT2D eigenvalue weighted by molar-refractivity contribution is 5.69. The summed E-state index contributed by atoms with van der Waals surface area (Å²) in [6.07, 6.45) is 1.81. The van der Waals surface area contributed by atoms with Gasteiger partial charge in [-0.3, -0.25) is 4.79 Å². The molecule has 0 aliphatic carbocycles. The number of rotatable bonds is 6. The van der Waals surface area contributed by atoms with Crippen LogP contribution in [-0.2, 0) is 16.6 Å². The molecule has 1 rings (SSSR count). The zero-order valence-corrected chi connectivity index (χ0v) is 10.6. The molecule has 0 aliphatic heterocycles. The number of benzene rings is 1. The molecule has 3 nitrogen and oxygen atoms in total.